The minimum atomic E-state index is -4.48. The Bertz CT molecular complexity index is 1300. The highest BCUT2D eigenvalue weighted by Crippen LogP contribution is 2.39. The SMILES string of the molecule is O=C(OCc1ccccc1)N1CCN(C2CCOc3cc(Oc4ccc(C(F)(F)F)cn4)ccc32)C(=O)C1. The third-order valence-corrected chi connectivity index (χ3v) is 6.38. The van der Waals surface area contributed by atoms with Crippen molar-refractivity contribution in [3.8, 4) is 17.4 Å². The molecule has 1 aromatic heterocycles. The molecule has 2 aliphatic heterocycles. The van der Waals surface area contributed by atoms with Crippen LogP contribution in [0.4, 0.5) is 18.0 Å². The highest BCUT2D eigenvalue weighted by atomic mass is 19.4. The van der Waals surface area contributed by atoms with Gasteiger partial charge in [0.2, 0.25) is 11.8 Å². The van der Waals surface area contributed by atoms with Gasteiger partial charge in [-0.05, 0) is 23.8 Å². The molecule has 2 aromatic carbocycles. The fraction of sp³-hybridized carbons (Fsp3) is 0.296. The van der Waals surface area contributed by atoms with E-state index in [1.165, 1.54) is 4.90 Å². The summed E-state index contributed by atoms with van der Waals surface area (Å²) in [4.78, 5) is 32.4. The number of piperazine rings is 1. The number of fused-ring (bicyclic) bond motifs is 1. The summed E-state index contributed by atoms with van der Waals surface area (Å²) in [5.41, 5.74) is 0.787. The molecule has 3 heterocycles. The molecule has 1 fully saturated rings. The molecular formula is C27H24F3N3O5. The summed E-state index contributed by atoms with van der Waals surface area (Å²) >= 11 is 0. The number of nitrogens with zero attached hydrogens (tertiary/aromatic N) is 3. The van der Waals surface area contributed by atoms with E-state index in [-0.39, 0.29) is 31.0 Å². The number of rotatable bonds is 5. The van der Waals surface area contributed by atoms with Crippen molar-refractivity contribution in [3.05, 3.63) is 83.6 Å². The first-order chi connectivity index (χ1) is 18.3. The number of halogens is 3. The molecule has 8 nitrogen and oxygen atoms in total. The third-order valence-electron chi connectivity index (χ3n) is 6.38. The maximum Gasteiger partial charge on any atom is 0.417 e. The smallest absolute Gasteiger partial charge is 0.417 e. The zero-order chi connectivity index (χ0) is 26.7. The van der Waals surface area contributed by atoms with E-state index in [2.05, 4.69) is 4.98 Å². The number of benzene rings is 2. The molecule has 1 atom stereocenters. The van der Waals surface area contributed by atoms with Crippen LogP contribution in [0.5, 0.6) is 17.4 Å². The second-order valence-corrected chi connectivity index (χ2v) is 8.89. The Hall–Kier alpha value is -4.28. The van der Waals surface area contributed by atoms with E-state index >= 15 is 0 Å². The number of amides is 2. The molecule has 1 saturated heterocycles. The molecule has 5 rings (SSSR count). The molecule has 38 heavy (non-hydrogen) atoms. The Labute approximate surface area is 216 Å². The average Bonchev–Trinajstić information content (AvgIpc) is 2.91. The van der Waals surface area contributed by atoms with Crippen LogP contribution in [0.25, 0.3) is 0 Å². The Morgan fingerprint density at radius 3 is 2.61 bits per heavy atom. The van der Waals surface area contributed by atoms with Gasteiger partial charge in [0.1, 0.15) is 24.7 Å². The molecule has 0 bridgehead atoms. The van der Waals surface area contributed by atoms with Crippen molar-refractivity contribution >= 4 is 12.0 Å². The summed E-state index contributed by atoms with van der Waals surface area (Å²) in [5.74, 6) is 0.674. The molecule has 198 valence electrons. The molecule has 1 unspecified atom stereocenters. The first-order valence-corrected chi connectivity index (χ1v) is 12.0. The van der Waals surface area contributed by atoms with Gasteiger partial charge in [-0.25, -0.2) is 9.78 Å². The van der Waals surface area contributed by atoms with Crippen molar-refractivity contribution in [3.63, 3.8) is 0 Å². The van der Waals surface area contributed by atoms with E-state index in [1.807, 2.05) is 30.3 Å². The lowest BCUT2D eigenvalue weighted by Crippen LogP contribution is -2.53. The number of aromatic nitrogens is 1. The van der Waals surface area contributed by atoms with Crippen LogP contribution in [0.1, 0.15) is 29.2 Å². The van der Waals surface area contributed by atoms with Crippen molar-refractivity contribution in [2.24, 2.45) is 0 Å². The van der Waals surface area contributed by atoms with Crippen LogP contribution < -0.4 is 9.47 Å². The van der Waals surface area contributed by atoms with Crippen LogP contribution in [0, 0.1) is 0 Å². The van der Waals surface area contributed by atoms with Gasteiger partial charge in [0, 0.05) is 43.4 Å². The van der Waals surface area contributed by atoms with Crippen molar-refractivity contribution < 1.29 is 37.0 Å². The second kappa shape index (κ2) is 10.6. The molecule has 0 saturated carbocycles. The Kier molecular flexibility index (Phi) is 7.08. The number of carbonyl (C=O) groups is 2. The van der Waals surface area contributed by atoms with Gasteiger partial charge in [-0.15, -0.1) is 0 Å². The number of hydrogen-bond donors (Lipinski definition) is 0. The van der Waals surface area contributed by atoms with E-state index < -0.39 is 17.8 Å². The predicted molar refractivity (Wildman–Crippen MR) is 129 cm³/mol. The van der Waals surface area contributed by atoms with Crippen molar-refractivity contribution in [2.45, 2.75) is 25.2 Å². The van der Waals surface area contributed by atoms with Crippen molar-refractivity contribution in [1.82, 2.24) is 14.8 Å². The van der Waals surface area contributed by atoms with Crippen molar-refractivity contribution in [2.75, 3.05) is 26.2 Å². The van der Waals surface area contributed by atoms with Crippen LogP contribution in [-0.2, 0) is 22.3 Å². The minimum absolute atomic E-state index is 0.00996. The highest BCUT2D eigenvalue weighted by molar-refractivity contribution is 5.84. The van der Waals surface area contributed by atoms with E-state index in [9.17, 15) is 22.8 Å². The lowest BCUT2D eigenvalue weighted by atomic mass is 9.98. The topological polar surface area (TPSA) is 81.2 Å². The van der Waals surface area contributed by atoms with E-state index in [0.717, 1.165) is 23.3 Å². The summed E-state index contributed by atoms with van der Waals surface area (Å²) < 4.78 is 55.0. The molecule has 0 aliphatic carbocycles. The number of hydrogen-bond acceptors (Lipinski definition) is 6. The van der Waals surface area contributed by atoms with Crippen LogP contribution in [-0.4, -0.2) is 53.0 Å². The molecule has 0 N–H and O–H groups in total. The summed E-state index contributed by atoms with van der Waals surface area (Å²) in [6.45, 7) is 1.10. The van der Waals surface area contributed by atoms with E-state index in [1.54, 1.807) is 23.1 Å². The van der Waals surface area contributed by atoms with Crippen LogP contribution >= 0.6 is 0 Å². The summed E-state index contributed by atoms with van der Waals surface area (Å²) in [5, 5.41) is 0. The largest absolute Gasteiger partial charge is 0.493 e. The lowest BCUT2D eigenvalue weighted by molar-refractivity contribution is -0.139. The monoisotopic (exact) mass is 527 g/mol. The molecule has 0 spiro atoms. The van der Waals surface area contributed by atoms with Crippen molar-refractivity contribution in [1.29, 1.82) is 0 Å². The molecule has 11 heteroatoms. The van der Waals surface area contributed by atoms with Gasteiger partial charge >= 0.3 is 12.3 Å². The first-order valence-electron chi connectivity index (χ1n) is 12.0. The van der Waals surface area contributed by atoms with Gasteiger partial charge in [-0.3, -0.25) is 9.69 Å². The number of pyridine rings is 1. The molecule has 0 radical (unpaired) electrons. The predicted octanol–water partition coefficient (Wildman–Crippen LogP) is 5.20. The highest BCUT2D eigenvalue weighted by Gasteiger charge is 2.36. The fourth-order valence-electron chi connectivity index (χ4n) is 4.45. The van der Waals surface area contributed by atoms with Gasteiger partial charge in [0.25, 0.3) is 0 Å². The normalized spacial score (nSPS) is 17.4. The van der Waals surface area contributed by atoms with Gasteiger partial charge in [-0.2, -0.15) is 13.2 Å². The lowest BCUT2D eigenvalue weighted by Gasteiger charge is -2.40. The zero-order valence-electron chi connectivity index (χ0n) is 20.2. The quantitative estimate of drug-likeness (QED) is 0.454. The minimum Gasteiger partial charge on any atom is -0.493 e. The van der Waals surface area contributed by atoms with Gasteiger partial charge in [0.05, 0.1) is 18.2 Å². The number of carbonyl (C=O) groups excluding carboxylic acids is 2. The summed E-state index contributed by atoms with van der Waals surface area (Å²) in [6, 6.07) is 16.2. The van der Waals surface area contributed by atoms with Gasteiger partial charge in [0.15, 0.2) is 0 Å². The number of alkyl halides is 3. The Balaban J connectivity index is 1.21. The third kappa shape index (κ3) is 5.66. The molecule has 2 amide bonds. The maximum absolute atomic E-state index is 13.0. The zero-order valence-corrected chi connectivity index (χ0v) is 20.2. The van der Waals surface area contributed by atoms with Crippen LogP contribution in [0.2, 0.25) is 0 Å². The van der Waals surface area contributed by atoms with Gasteiger partial charge < -0.3 is 19.1 Å². The summed E-state index contributed by atoms with van der Waals surface area (Å²) in [6.07, 6.45) is -3.72. The Morgan fingerprint density at radius 1 is 1.08 bits per heavy atom. The molecule has 3 aromatic rings. The van der Waals surface area contributed by atoms with E-state index in [0.29, 0.717) is 43.8 Å². The Morgan fingerprint density at radius 2 is 1.89 bits per heavy atom. The molecular weight excluding hydrogens is 503 g/mol. The van der Waals surface area contributed by atoms with Gasteiger partial charge in [-0.1, -0.05) is 30.3 Å². The standard InChI is InChI=1S/C27H24F3N3O5/c28-27(29,30)19-6-9-24(31-15-19)38-20-7-8-21-22(10-13-36-23(21)14-20)33-12-11-32(16-25(33)34)26(35)37-17-18-4-2-1-3-5-18/h1-9,14-15,22H,10-13,16-17H2. The van der Waals surface area contributed by atoms with Crippen LogP contribution in [0.3, 0.4) is 0 Å². The summed E-state index contributed by atoms with van der Waals surface area (Å²) in [7, 11) is 0. The maximum atomic E-state index is 13.0. The number of ether oxygens (including phenoxy) is 3. The fourth-order valence-corrected chi connectivity index (χ4v) is 4.45. The van der Waals surface area contributed by atoms with Crippen LogP contribution in [0.15, 0.2) is 66.9 Å². The first kappa shape index (κ1) is 25.4. The van der Waals surface area contributed by atoms with E-state index in [4.69, 9.17) is 14.2 Å². The molecule has 2 aliphatic rings. The second-order valence-electron chi connectivity index (χ2n) is 8.89. The average molecular weight is 527 g/mol.